The number of nitrogens with one attached hydrogen (secondary N) is 1. The van der Waals surface area contributed by atoms with Gasteiger partial charge in [-0.2, -0.15) is 0 Å². The van der Waals surface area contributed by atoms with Crippen LogP contribution in [0.5, 0.6) is 0 Å². The predicted molar refractivity (Wildman–Crippen MR) is 90.5 cm³/mol. The normalized spacial score (nSPS) is 11.3. The Morgan fingerprint density at radius 1 is 1.19 bits per heavy atom. The molecular formula is C14H13BrN2O2S2. The van der Waals surface area contributed by atoms with E-state index in [2.05, 4.69) is 20.7 Å². The van der Waals surface area contributed by atoms with Crippen LogP contribution in [0.2, 0.25) is 0 Å². The summed E-state index contributed by atoms with van der Waals surface area (Å²) < 4.78 is 28.0. The van der Waals surface area contributed by atoms with Crippen molar-refractivity contribution < 1.29 is 8.42 Å². The summed E-state index contributed by atoms with van der Waals surface area (Å²) in [5.41, 5.74) is 6.90. The van der Waals surface area contributed by atoms with Crippen LogP contribution in [0.15, 0.2) is 57.9 Å². The van der Waals surface area contributed by atoms with Crippen molar-refractivity contribution >= 4 is 43.2 Å². The average Bonchev–Trinajstić information content (AvgIpc) is 2.46. The molecule has 0 saturated heterocycles. The first-order chi connectivity index (χ1) is 9.90. The molecule has 0 radical (unpaired) electrons. The van der Waals surface area contributed by atoms with E-state index in [-0.39, 0.29) is 16.4 Å². The van der Waals surface area contributed by atoms with E-state index in [0.717, 1.165) is 10.0 Å². The van der Waals surface area contributed by atoms with Crippen molar-refractivity contribution in [3.8, 4) is 0 Å². The number of thiocarbonyl (C=S) groups is 1. The number of benzene rings is 2. The molecule has 0 atom stereocenters. The summed E-state index contributed by atoms with van der Waals surface area (Å²) in [5, 5.41) is 0. The number of nitrogens with two attached hydrogens (primary N) is 1. The molecule has 0 fully saturated rings. The van der Waals surface area contributed by atoms with Gasteiger partial charge in [-0.05, 0) is 23.8 Å². The van der Waals surface area contributed by atoms with E-state index in [1.807, 2.05) is 24.3 Å². The van der Waals surface area contributed by atoms with Crippen LogP contribution >= 0.6 is 28.1 Å². The third-order valence-corrected chi connectivity index (χ3v) is 5.25. The van der Waals surface area contributed by atoms with Crippen LogP contribution < -0.4 is 10.5 Å². The Morgan fingerprint density at radius 3 is 2.57 bits per heavy atom. The average molecular weight is 385 g/mol. The van der Waals surface area contributed by atoms with E-state index >= 15 is 0 Å². The van der Waals surface area contributed by atoms with Crippen LogP contribution in [0.25, 0.3) is 0 Å². The molecule has 4 nitrogen and oxygen atoms in total. The molecule has 2 aromatic rings. The lowest BCUT2D eigenvalue weighted by atomic mass is 10.2. The monoisotopic (exact) mass is 384 g/mol. The van der Waals surface area contributed by atoms with Gasteiger partial charge in [0.05, 0.1) is 4.90 Å². The first-order valence-electron chi connectivity index (χ1n) is 6.03. The van der Waals surface area contributed by atoms with Crippen molar-refractivity contribution in [3.63, 3.8) is 0 Å². The van der Waals surface area contributed by atoms with Crippen molar-refractivity contribution in [3.05, 3.63) is 64.1 Å². The Labute approximate surface area is 137 Å². The number of hydrogen-bond acceptors (Lipinski definition) is 3. The molecule has 0 aliphatic heterocycles. The Morgan fingerprint density at radius 2 is 1.90 bits per heavy atom. The van der Waals surface area contributed by atoms with Crippen LogP contribution in [-0.2, 0) is 16.6 Å². The maximum Gasteiger partial charge on any atom is 0.240 e. The Hall–Kier alpha value is -1.28. The van der Waals surface area contributed by atoms with Crippen molar-refractivity contribution in [1.29, 1.82) is 0 Å². The van der Waals surface area contributed by atoms with E-state index in [0.29, 0.717) is 5.56 Å². The van der Waals surface area contributed by atoms with E-state index in [4.69, 9.17) is 18.0 Å². The zero-order valence-corrected chi connectivity index (χ0v) is 14.1. The SMILES string of the molecule is NC(=S)c1cccc(S(=O)(=O)NCc2ccccc2Br)c1. The minimum absolute atomic E-state index is 0.139. The third-order valence-electron chi connectivity index (χ3n) is 2.84. The summed E-state index contributed by atoms with van der Waals surface area (Å²) in [5.74, 6) is 0. The first kappa shape index (κ1) is 16.1. The molecule has 0 aromatic heterocycles. The van der Waals surface area contributed by atoms with Gasteiger partial charge in [-0.25, -0.2) is 13.1 Å². The van der Waals surface area contributed by atoms with E-state index in [1.165, 1.54) is 12.1 Å². The molecule has 2 rings (SSSR count). The van der Waals surface area contributed by atoms with Crippen molar-refractivity contribution in [2.75, 3.05) is 0 Å². The summed E-state index contributed by atoms with van der Waals surface area (Å²) >= 11 is 8.24. The van der Waals surface area contributed by atoms with Crippen LogP contribution in [0, 0.1) is 0 Å². The number of halogens is 1. The quantitative estimate of drug-likeness (QED) is 0.776. The fourth-order valence-electron chi connectivity index (χ4n) is 1.71. The summed E-state index contributed by atoms with van der Waals surface area (Å²) in [6, 6.07) is 13.7. The molecule has 0 heterocycles. The molecule has 0 bridgehead atoms. The highest BCUT2D eigenvalue weighted by atomic mass is 79.9. The van der Waals surface area contributed by atoms with E-state index < -0.39 is 10.0 Å². The molecule has 0 aliphatic rings. The Bertz CT molecular complexity index is 776. The van der Waals surface area contributed by atoms with E-state index in [1.54, 1.807) is 12.1 Å². The molecule has 3 N–H and O–H groups in total. The van der Waals surface area contributed by atoms with Gasteiger partial charge in [-0.1, -0.05) is 58.5 Å². The molecule has 0 unspecified atom stereocenters. The highest BCUT2D eigenvalue weighted by Crippen LogP contribution is 2.17. The molecule has 0 amide bonds. The van der Waals surface area contributed by atoms with Crippen molar-refractivity contribution in [2.45, 2.75) is 11.4 Å². The maximum atomic E-state index is 12.3. The fourth-order valence-corrected chi connectivity index (χ4v) is 3.32. The molecule has 7 heteroatoms. The highest BCUT2D eigenvalue weighted by Gasteiger charge is 2.15. The lowest BCUT2D eigenvalue weighted by Gasteiger charge is -2.09. The van der Waals surface area contributed by atoms with Crippen molar-refractivity contribution in [1.82, 2.24) is 4.72 Å². The van der Waals surface area contributed by atoms with E-state index in [9.17, 15) is 8.42 Å². The molecule has 0 aliphatic carbocycles. The van der Waals surface area contributed by atoms with Crippen LogP contribution in [0.3, 0.4) is 0 Å². The summed E-state index contributed by atoms with van der Waals surface area (Å²) in [4.78, 5) is 0.303. The largest absolute Gasteiger partial charge is 0.389 e. The maximum absolute atomic E-state index is 12.3. The second-order valence-electron chi connectivity index (χ2n) is 4.31. The smallest absolute Gasteiger partial charge is 0.240 e. The molecule has 110 valence electrons. The zero-order chi connectivity index (χ0) is 15.5. The number of rotatable bonds is 5. The summed E-state index contributed by atoms with van der Waals surface area (Å²) in [7, 11) is -3.62. The standard InChI is InChI=1S/C14H13BrN2O2S2/c15-13-7-2-1-4-11(13)9-17-21(18,19)12-6-3-5-10(8-12)14(16)20/h1-8,17H,9H2,(H2,16,20). The topological polar surface area (TPSA) is 72.2 Å². The molecule has 0 spiro atoms. The van der Waals surface area contributed by atoms with Gasteiger partial charge in [0.15, 0.2) is 0 Å². The molecule has 0 saturated carbocycles. The Balaban J connectivity index is 2.21. The van der Waals surface area contributed by atoms with Gasteiger partial charge in [0.2, 0.25) is 10.0 Å². The minimum atomic E-state index is -3.62. The third kappa shape index (κ3) is 4.10. The second-order valence-corrected chi connectivity index (χ2v) is 7.37. The predicted octanol–water partition coefficient (Wildman–Crippen LogP) is 2.56. The zero-order valence-electron chi connectivity index (χ0n) is 10.9. The van der Waals surface area contributed by atoms with Gasteiger partial charge in [0.1, 0.15) is 4.99 Å². The lowest BCUT2D eigenvalue weighted by Crippen LogP contribution is -2.24. The summed E-state index contributed by atoms with van der Waals surface area (Å²) in [6.45, 7) is 0.195. The van der Waals surface area contributed by atoms with Gasteiger partial charge in [0, 0.05) is 16.6 Å². The van der Waals surface area contributed by atoms with Crippen LogP contribution in [-0.4, -0.2) is 13.4 Å². The number of sulfonamides is 1. The van der Waals surface area contributed by atoms with Gasteiger partial charge >= 0.3 is 0 Å². The minimum Gasteiger partial charge on any atom is -0.389 e. The fraction of sp³-hybridized carbons (Fsp3) is 0.0714. The summed E-state index contributed by atoms with van der Waals surface area (Å²) in [6.07, 6.45) is 0. The van der Waals surface area contributed by atoms with Crippen molar-refractivity contribution in [2.24, 2.45) is 5.73 Å². The van der Waals surface area contributed by atoms with Crippen LogP contribution in [0.4, 0.5) is 0 Å². The van der Waals surface area contributed by atoms with Gasteiger partial charge in [-0.3, -0.25) is 0 Å². The second kappa shape index (κ2) is 6.65. The molecular weight excluding hydrogens is 372 g/mol. The molecule has 2 aromatic carbocycles. The first-order valence-corrected chi connectivity index (χ1v) is 8.71. The van der Waals surface area contributed by atoms with Gasteiger partial charge < -0.3 is 5.73 Å². The lowest BCUT2D eigenvalue weighted by molar-refractivity contribution is 0.581. The molecule has 21 heavy (non-hydrogen) atoms. The Kier molecular flexibility index (Phi) is 5.10. The van der Waals surface area contributed by atoms with Crippen LogP contribution in [0.1, 0.15) is 11.1 Å². The van der Waals surface area contributed by atoms with Gasteiger partial charge in [0.25, 0.3) is 0 Å². The highest BCUT2D eigenvalue weighted by molar-refractivity contribution is 9.10. The number of hydrogen-bond donors (Lipinski definition) is 2. The van der Waals surface area contributed by atoms with Gasteiger partial charge in [-0.15, -0.1) is 0 Å².